The summed E-state index contributed by atoms with van der Waals surface area (Å²) in [4.78, 5) is 29.2. The van der Waals surface area contributed by atoms with Gasteiger partial charge in [-0.05, 0) is 49.2 Å². The van der Waals surface area contributed by atoms with E-state index in [0.717, 1.165) is 63.3 Å². The molecule has 1 aromatic heterocycles. The van der Waals surface area contributed by atoms with Crippen LogP contribution in [-0.2, 0) is 9.59 Å². The smallest absolute Gasteiger partial charge is 0.309 e. The van der Waals surface area contributed by atoms with Crippen LogP contribution in [0.15, 0.2) is 47.1 Å². The molecule has 8 heteroatoms. The Hall–Kier alpha value is -2.87. The quantitative estimate of drug-likeness (QED) is 0.673. The molecule has 1 aliphatic heterocycles. The minimum absolute atomic E-state index is 0.0995. The third-order valence-electron chi connectivity index (χ3n) is 6.42. The van der Waals surface area contributed by atoms with Gasteiger partial charge in [0.05, 0.1) is 12.3 Å². The minimum atomic E-state index is -0.600. The van der Waals surface area contributed by atoms with Gasteiger partial charge < -0.3 is 20.0 Å². The van der Waals surface area contributed by atoms with E-state index in [9.17, 15) is 14.0 Å². The largest absolute Gasteiger partial charge is 0.468 e. The van der Waals surface area contributed by atoms with E-state index in [4.69, 9.17) is 4.42 Å². The van der Waals surface area contributed by atoms with Crippen LogP contribution in [0.5, 0.6) is 0 Å². The average molecular weight is 443 g/mol. The first-order valence-electron chi connectivity index (χ1n) is 11.5. The maximum absolute atomic E-state index is 13.2. The second kappa shape index (κ2) is 10.6. The molecule has 1 atom stereocenters. The summed E-state index contributed by atoms with van der Waals surface area (Å²) in [7, 11) is 0. The Morgan fingerprint density at radius 3 is 2.38 bits per heavy atom. The number of hydrogen-bond donors (Lipinski definition) is 2. The van der Waals surface area contributed by atoms with Crippen molar-refractivity contribution in [3.8, 4) is 0 Å². The highest BCUT2D eigenvalue weighted by molar-refractivity contribution is 6.35. The summed E-state index contributed by atoms with van der Waals surface area (Å²) in [6.45, 7) is 3.36. The molecule has 7 nitrogen and oxygen atoms in total. The monoisotopic (exact) mass is 442 g/mol. The minimum Gasteiger partial charge on any atom is -0.468 e. The lowest BCUT2D eigenvalue weighted by molar-refractivity contribution is -0.139. The normalized spacial score (nSPS) is 18.8. The number of nitrogens with one attached hydrogen (secondary N) is 2. The summed E-state index contributed by atoms with van der Waals surface area (Å²) in [6, 6.07) is 10.2. The molecule has 4 rings (SSSR count). The van der Waals surface area contributed by atoms with E-state index >= 15 is 0 Å². The second-order valence-electron chi connectivity index (χ2n) is 8.55. The van der Waals surface area contributed by atoms with E-state index in [1.54, 1.807) is 18.4 Å². The van der Waals surface area contributed by atoms with Crippen molar-refractivity contribution in [2.45, 2.75) is 44.2 Å². The molecule has 2 heterocycles. The van der Waals surface area contributed by atoms with Crippen molar-refractivity contribution in [2.75, 3.05) is 37.6 Å². The molecule has 2 aromatic rings. The number of rotatable bonds is 6. The zero-order chi connectivity index (χ0) is 22.3. The first-order chi connectivity index (χ1) is 15.6. The highest BCUT2D eigenvalue weighted by Gasteiger charge is 2.28. The third-order valence-corrected chi connectivity index (χ3v) is 6.42. The number of piperazine rings is 1. The van der Waals surface area contributed by atoms with E-state index in [1.807, 2.05) is 12.1 Å². The lowest BCUT2D eigenvalue weighted by Crippen LogP contribution is -2.51. The van der Waals surface area contributed by atoms with Gasteiger partial charge in [-0.1, -0.05) is 19.3 Å². The topological polar surface area (TPSA) is 77.8 Å². The molecule has 1 saturated carbocycles. The molecule has 0 radical (unpaired) electrons. The molecule has 0 unspecified atom stereocenters. The third kappa shape index (κ3) is 5.68. The molecule has 2 aliphatic rings. The molecule has 1 aromatic carbocycles. The predicted molar refractivity (Wildman–Crippen MR) is 120 cm³/mol. The fourth-order valence-electron chi connectivity index (χ4n) is 4.60. The highest BCUT2D eigenvalue weighted by atomic mass is 19.1. The van der Waals surface area contributed by atoms with Gasteiger partial charge in [0.15, 0.2) is 0 Å². The van der Waals surface area contributed by atoms with Crippen LogP contribution in [0.4, 0.5) is 10.1 Å². The first kappa shape index (κ1) is 22.3. The second-order valence-corrected chi connectivity index (χ2v) is 8.55. The standard InChI is InChI=1S/C24H31FN4O3/c25-18-8-10-20(11-9-18)28-12-14-29(15-13-28)21(22-7-4-16-32-22)17-26-23(30)24(31)27-19-5-2-1-3-6-19/h4,7-11,16,19,21H,1-3,5-6,12-15,17H2,(H,26,30)(H,27,31)/t21-/m0/s1. The number of carbonyl (C=O) groups excluding carboxylic acids is 2. The van der Waals surface area contributed by atoms with Gasteiger partial charge in [-0.3, -0.25) is 14.5 Å². The van der Waals surface area contributed by atoms with Gasteiger partial charge in [0, 0.05) is 44.5 Å². The van der Waals surface area contributed by atoms with Crippen LogP contribution in [0.3, 0.4) is 0 Å². The van der Waals surface area contributed by atoms with Crippen molar-refractivity contribution in [1.29, 1.82) is 0 Å². The summed E-state index contributed by atoms with van der Waals surface area (Å²) in [6.07, 6.45) is 6.87. The Morgan fingerprint density at radius 2 is 1.72 bits per heavy atom. The van der Waals surface area contributed by atoms with E-state index in [0.29, 0.717) is 6.54 Å². The van der Waals surface area contributed by atoms with Crippen molar-refractivity contribution in [1.82, 2.24) is 15.5 Å². The van der Waals surface area contributed by atoms with Gasteiger partial charge in [-0.2, -0.15) is 0 Å². The SMILES string of the molecule is O=C(NC[C@@H](c1ccco1)N1CCN(c2ccc(F)cc2)CC1)C(=O)NC1CCCCC1. The molecule has 2 fully saturated rings. The lowest BCUT2D eigenvalue weighted by Gasteiger charge is -2.39. The van der Waals surface area contributed by atoms with Crippen molar-refractivity contribution in [3.05, 3.63) is 54.2 Å². The molecular formula is C24H31FN4O3. The molecule has 1 saturated heterocycles. The average Bonchev–Trinajstić information content (AvgIpc) is 3.35. The van der Waals surface area contributed by atoms with Crippen LogP contribution < -0.4 is 15.5 Å². The first-order valence-corrected chi connectivity index (χ1v) is 11.5. The molecule has 0 spiro atoms. The summed E-state index contributed by atoms with van der Waals surface area (Å²) in [5.41, 5.74) is 0.994. The van der Waals surface area contributed by atoms with E-state index < -0.39 is 11.8 Å². The van der Waals surface area contributed by atoms with E-state index in [-0.39, 0.29) is 17.9 Å². The van der Waals surface area contributed by atoms with Crippen LogP contribution in [-0.4, -0.2) is 55.5 Å². The Bertz CT molecular complexity index is 873. The number of benzene rings is 1. The van der Waals surface area contributed by atoms with Gasteiger partial charge in [0.1, 0.15) is 11.6 Å². The zero-order valence-corrected chi connectivity index (χ0v) is 18.3. The van der Waals surface area contributed by atoms with E-state index in [2.05, 4.69) is 20.4 Å². The summed E-state index contributed by atoms with van der Waals surface area (Å²) < 4.78 is 18.9. The van der Waals surface area contributed by atoms with Crippen molar-refractivity contribution < 1.29 is 18.4 Å². The van der Waals surface area contributed by atoms with Gasteiger partial charge in [0.2, 0.25) is 0 Å². The maximum atomic E-state index is 13.2. The van der Waals surface area contributed by atoms with Crippen LogP contribution in [0.25, 0.3) is 0 Å². The van der Waals surface area contributed by atoms with Gasteiger partial charge in [0.25, 0.3) is 0 Å². The Balaban J connectivity index is 1.32. The summed E-state index contributed by atoms with van der Waals surface area (Å²) in [5.74, 6) is -0.643. The number of anilines is 1. The highest BCUT2D eigenvalue weighted by Crippen LogP contribution is 2.24. The summed E-state index contributed by atoms with van der Waals surface area (Å²) in [5, 5.41) is 5.66. The van der Waals surface area contributed by atoms with Gasteiger partial charge >= 0.3 is 11.8 Å². The van der Waals surface area contributed by atoms with Crippen LogP contribution in [0.2, 0.25) is 0 Å². The van der Waals surface area contributed by atoms with Crippen LogP contribution >= 0.6 is 0 Å². The fourth-order valence-corrected chi connectivity index (χ4v) is 4.60. The molecule has 1 aliphatic carbocycles. The number of carbonyl (C=O) groups is 2. The number of amides is 2. The molecule has 2 N–H and O–H groups in total. The van der Waals surface area contributed by atoms with Crippen molar-refractivity contribution in [2.24, 2.45) is 0 Å². The number of halogens is 1. The molecular weight excluding hydrogens is 411 g/mol. The van der Waals surface area contributed by atoms with Crippen LogP contribution in [0.1, 0.15) is 43.9 Å². The fraction of sp³-hybridized carbons (Fsp3) is 0.500. The Kier molecular flexibility index (Phi) is 7.42. The Labute approximate surface area is 187 Å². The van der Waals surface area contributed by atoms with Gasteiger partial charge in [-0.15, -0.1) is 0 Å². The molecule has 0 bridgehead atoms. The number of furan rings is 1. The number of nitrogens with zero attached hydrogens (tertiary/aromatic N) is 2. The van der Waals surface area contributed by atoms with Crippen molar-refractivity contribution in [3.63, 3.8) is 0 Å². The van der Waals surface area contributed by atoms with Gasteiger partial charge in [-0.25, -0.2) is 4.39 Å². The summed E-state index contributed by atoms with van der Waals surface area (Å²) >= 11 is 0. The van der Waals surface area contributed by atoms with Crippen molar-refractivity contribution >= 4 is 17.5 Å². The molecule has 32 heavy (non-hydrogen) atoms. The Morgan fingerprint density at radius 1 is 1.00 bits per heavy atom. The zero-order valence-electron chi connectivity index (χ0n) is 18.3. The predicted octanol–water partition coefficient (Wildman–Crippen LogP) is 2.85. The lowest BCUT2D eigenvalue weighted by atomic mass is 9.95. The van der Waals surface area contributed by atoms with Crippen LogP contribution in [0, 0.1) is 5.82 Å². The molecule has 2 amide bonds. The van der Waals surface area contributed by atoms with E-state index in [1.165, 1.54) is 18.6 Å². The molecule has 172 valence electrons. The maximum Gasteiger partial charge on any atom is 0.309 e. The number of hydrogen-bond acceptors (Lipinski definition) is 5.